The van der Waals surface area contributed by atoms with Crippen LogP contribution >= 0.6 is 0 Å². The molecule has 0 aromatic carbocycles. The molecule has 1 atom stereocenters. The number of ether oxygens (including phenoxy) is 1. The van der Waals surface area contributed by atoms with E-state index in [4.69, 9.17) is 10.5 Å². The minimum Gasteiger partial charge on any atom is -0.377 e. The van der Waals surface area contributed by atoms with E-state index in [0.717, 1.165) is 19.7 Å². The Morgan fingerprint density at radius 3 is 2.71 bits per heavy atom. The van der Waals surface area contributed by atoms with Gasteiger partial charge in [-0.25, -0.2) is 0 Å². The second-order valence-corrected chi connectivity index (χ2v) is 4.84. The van der Waals surface area contributed by atoms with Gasteiger partial charge in [-0.2, -0.15) is 0 Å². The number of hydrogen-bond donors (Lipinski definition) is 2. The van der Waals surface area contributed by atoms with E-state index in [9.17, 15) is 0 Å². The van der Waals surface area contributed by atoms with Crippen LogP contribution in [0.4, 0.5) is 0 Å². The summed E-state index contributed by atoms with van der Waals surface area (Å²) in [6.07, 6.45) is 7.88. The van der Waals surface area contributed by atoms with E-state index in [0.29, 0.717) is 6.10 Å². The van der Waals surface area contributed by atoms with Crippen LogP contribution in [-0.4, -0.2) is 31.3 Å². The van der Waals surface area contributed by atoms with Crippen LogP contribution in [0.15, 0.2) is 0 Å². The normalized spacial score (nSPS) is 31.1. The molecular formula is C11H22N2O. The highest BCUT2D eigenvalue weighted by atomic mass is 16.5. The second kappa shape index (κ2) is 4.60. The van der Waals surface area contributed by atoms with Gasteiger partial charge < -0.3 is 15.8 Å². The molecule has 0 aromatic rings. The summed E-state index contributed by atoms with van der Waals surface area (Å²) in [7, 11) is 0. The summed E-state index contributed by atoms with van der Waals surface area (Å²) < 4.78 is 5.64. The van der Waals surface area contributed by atoms with Crippen LogP contribution in [0.3, 0.4) is 0 Å². The van der Waals surface area contributed by atoms with Crippen LogP contribution in [0.5, 0.6) is 0 Å². The molecule has 1 aliphatic heterocycles. The number of rotatable bonds is 4. The maximum atomic E-state index is 6.12. The Hall–Kier alpha value is -0.120. The first-order valence-corrected chi connectivity index (χ1v) is 5.90. The van der Waals surface area contributed by atoms with Gasteiger partial charge in [-0.3, -0.25) is 0 Å². The van der Waals surface area contributed by atoms with Crippen molar-refractivity contribution >= 4 is 0 Å². The van der Waals surface area contributed by atoms with Crippen molar-refractivity contribution in [3.05, 3.63) is 0 Å². The van der Waals surface area contributed by atoms with Crippen molar-refractivity contribution < 1.29 is 4.74 Å². The molecule has 1 saturated carbocycles. The van der Waals surface area contributed by atoms with E-state index < -0.39 is 0 Å². The highest BCUT2D eigenvalue weighted by molar-refractivity contribution is 4.94. The minimum absolute atomic E-state index is 0.106. The van der Waals surface area contributed by atoms with Crippen LogP contribution < -0.4 is 11.1 Å². The Balaban J connectivity index is 1.57. The topological polar surface area (TPSA) is 47.3 Å². The lowest BCUT2D eigenvalue weighted by Gasteiger charge is -2.38. The molecule has 1 unspecified atom stereocenters. The summed E-state index contributed by atoms with van der Waals surface area (Å²) in [6.45, 7) is 2.89. The summed E-state index contributed by atoms with van der Waals surface area (Å²) in [5, 5.41) is 3.45. The Morgan fingerprint density at radius 2 is 2.14 bits per heavy atom. The molecule has 0 aromatic heterocycles. The van der Waals surface area contributed by atoms with Gasteiger partial charge in [-0.05, 0) is 38.5 Å². The molecule has 0 amide bonds. The minimum atomic E-state index is 0.106. The molecular weight excluding hydrogens is 176 g/mol. The van der Waals surface area contributed by atoms with Crippen molar-refractivity contribution in [2.75, 3.05) is 19.7 Å². The van der Waals surface area contributed by atoms with Crippen molar-refractivity contribution in [1.29, 1.82) is 0 Å². The largest absolute Gasteiger partial charge is 0.377 e. The van der Waals surface area contributed by atoms with E-state index in [2.05, 4.69) is 5.32 Å². The SMILES string of the molecule is NC1(CNCC2CCCCO2)CCC1. The first kappa shape index (κ1) is 10.4. The maximum Gasteiger partial charge on any atom is 0.0699 e. The molecule has 1 aliphatic carbocycles. The fraction of sp³-hybridized carbons (Fsp3) is 1.00. The Labute approximate surface area is 86.4 Å². The third kappa shape index (κ3) is 2.69. The van der Waals surface area contributed by atoms with Crippen LogP contribution in [0.25, 0.3) is 0 Å². The van der Waals surface area contributed by atoms with Gasteiger partial charge in [0.05, 0.1) is 6.10 Å². The van der Waals surface area contributed by atoms with Crippen LogP contribution in [-0.2, 0) is 4.74 Å². The summed E-state index contributed by atoms with van der Waals surface area (Å²) in [5.41, 5.74) is 6.22. The molecule has 3 N–H and O–H groups in total. The monoisotopic (exact) mass is 198 g/mol. The predicted octanol–water partition coefficient (Wildman–Crippen LogP) is 1.03. The predicted molar refractivity (Wildman–Crippen MR) is 57.2 cm³/mol. The van der Waals surface area contributed by atoms with Crippen LogP contribution in [0.2, 0.25) is 0 Å². The molecule has 0 radical (unpaired) electrons. The lowest BCUT2D eigenvalue weighted by molar-refractivity contribution is 0.0155. The fourth-order valence-corrected chi connectivity index (χ4v) is 2.26. The molecule has 14 heavy (non-hydrogen) atoms. The Bertz CT molecular complexity index is 174. The van der Waals surface area contributed by atoms with Crippen LogP contribution in [0.1, 0.15) is 38.5 Å². The van der Waals surface area contributed by atoms with Crippen LogP contribution in [0, 0.1) is 0 Å². The molecule has 2 aliphatic rings. The molecule has 1 heterocycles. The van der Waals surface area contributed by atoms with Gasteiger partial charge in [0.1, 0.15) is 0 Å². The van der Waals surface area contributed by atoms with E-state index >= 15 is 0 Å². The van der Waals surface area contributed by atoms with Gasteiger partial charge in [0.25, 0.3) is 0 Å². The summed E-state index contributed by atoms with van der Waals surface area (Å²) in [6, 6.07) is 0. The zero-order valence-corrected chi connectivity index (χ0v) is 8.93. The highest BCUT2D eigenvalue weighted by Gasteiger charge is 2.31. The first-order valence-electron chi connectivity index (χ1n) is 5.90. The number of hydrogen-bond acceptors (Lipinski definition) is 3. The molecule has 2 fully saturated rings. The van der Waals surface area contributed by atoms with E-state index in [1.807, 2.05) is 0 Å². The average Bonchev–Trinajstić information content (AvgIpc) is 2.17. The molecule has 3 nitrogen and oxygen atoms in total. The quantitative estimate of drug-likeness (QED) is 0.709. The molecule has 0 spiro atoms. The summed E-state index contributed by atoms with van der Waals surface area (Å²) in [5.74, 6) is 0. The van der Waals surface area contributed by atoms with Gasteiger partial charge in [0, 0.05) is 25.2 Å². The Kier molecular flexibility index (Phi) is 3.42. The summed E-state index contributed by atoms with van der Waals surface area (Å²) in [4.78, 5) is 0. The third-order valence-corrected chi connectivity index (χ3v) is 3.47. The molecule has 3 heteroatoms. The zero-order valence-electron chi connectivity index (χ0n) is 8.93. The van der Waals surface area contributed by atoms with Crippen molar-refractivity contribution in [3.8, 4) is 0 Å². The first-order chi connectivity index (χ1) is 6.79. The van der Waals surface area contributed by atoms with Gasteiger partial charge in [0.15, 0.2) is 0 Å². The van der Waals surface area contributed by atoms with E-state index in [-0.39, 0.29) is 5.54 Å². The van der Waals surface area contributed by atoms with Crippen molar-refractivity contribution in [1.82, 2.24) is 5.32 Å². The summed E-state index contributed by atoms with van der Waals surface area (Å²) >= 11 is 0. The lowest BCUT2D eigenvalue weighted by Crippen LogP contribution is -2.54. The smallest absolute Gasteiger partial charge is 0.0699 e. The third-order valence-electron chi connectivity index (χ3n) is 3.47. The zero-order chi connectivity index (χ0) is 9.86. The molecule has 2 rings (SSSR count). The lowest BCUT2D eigenvalue weighted by atomic mass is 9.78. The van der Waals surface area contributed by atoms with Crippen molar-refractivity contribution in [2.45, 2.75) is 50.2 Å². The second-order valence-electron chi connectivity index (χ2n) is 4.84. The Morgan fingerprint density at radius 1 is 1.29 bits per heavy atom. The fourth-order valence-electron chi connectivity index (χ4n) is 2.26. The van der Waals surface area contributed by atoms with Crippen molar-refractivity contribution in [2.24, 2.45) is 5.73 Å². The standard InChI is InChI=1S/C11H22N2O/c12-11(5-3-6-11)9-13-8-10-4-1-2-7-14-10/h10,13H,1-9,12H2. The number of nitrogens with two attached hydrogens (primary N) is 1. The molecule has 1 saturated heterocycles. The van der Waals surface area contributed by atoms with Gasteiger partial charge in [0.2, 0.25) is 0 Å². The highest BCUT2D eigenvalue weighted by Crippen LogP contribution is 2.28. The molecule has 0 bridgehead atoms. The van der Waals surface area contributed by atoms with Crippen molar-refractivity contribution in [3.63, 3.8) is 0 Å². The van der Waals surface area contributed by atoms with E-state index in [1.54, 1.807) is 0 Å². The van der Waals surface area contributed by atoms with Gasteiger partial charge >= 0.3 is 0 Å². The maximum absolute atomic E-state index is 6.12. The number of nitrogens with one attached hydrogen (secondary N) is 1. The van der Waals surface area contributed by atoms with E-state index in [1.165, 1.54) is 38.5 Å². The van der Waals surface area contributed by atoms with Gasteiger partial charge in [-0.15, -0.1) is 0 Å². The average molecular weight is 198 g/mol. The molecule has 82 valence electrons. The van der Waals surface area contributed by atoms with Gasteiger partial charge in [-0.1, -0.05) is 0 Å².